The average molecular weight is 490 g/mol. The van der Waals surface area contributed by atoms with Gasteiger partial charge in [0.15, 0.2) is 5.96 Å². The van der Waals surface area contributed by atoms with Crippen LogP contribution in [-0.2, 0) is 9.53 Å². The maximum atomic E-state index is 11.1. The van der Waals surface area contributed by atoms with Crippen LogP contribution < -0.4 is 15.0 Å². The molecule has 1 heterocycles. The van der Waals surface area contributed by atoms with E-state index in [0.29, 0.717) is 6.42 Å². The molecule has 27 heavy (non-hydrogen) atoms. The van der Waals surface area contributed by atoms with Crippen LogP contribution in [0.4, 0.5) is 5.69 Å². The number of piperazine rings is 1. The zero-order valence-corrected chi connectivity index (χ0v) is 18.8. The molecule has 0 aliphatic carbocycles. The summed E-state index contributed by atoms with van der Waals surface area (Å²) in [5, 5.41) is 3.39. The molecule has 0 spiro atoms. The molecule has 1 saturated heterocycles. The number of unbranched alkanes of at least 4 members (excludes halogenated alkanes) is 1. The first-order valence-electron chi connectivity index (χ1n) is 9.09. The number of carbonyl (C=O) groups excluding carboxylic acids is 1. The predicted molar refractivity (Wildman–Crippen MR) is 119 cm³/mol. The number of esters is 1. The number of nitrogens with one attached hydrogen (secondary N) is 1. The van der Waals surface area contributed by atoms with Crippen LogP contribution in [0.15, 0.2) is 29.3 Å². The zero-order valence-electron chi connectivity index (χ0n) is 16.4. The van der Waals surface area contributed by atoms with Gasteiger partial charge in [0.1, 0.15) is 5.75 Å². The molecule has 7 nitrogen and oxygen atoms in total. The van der Waals surface area contributed by atoms with Crippen molar-refractivity contribution in [2.24, 2.45) is 4.99 Å². The zero-order chi connectivity index (χ0) is 18.8. The number of aliphatic imine (C=N–C) groups is 1. The highest BCUT2D eigenvalue weighted by molar-refractivity contribution is 14.0. The number of hydrogen-bond acceptors (Lipinski definition) is 5. The fraction of sp³-hybridized carbons (Fsp3) is 0.579. The Morgan fingerprint density at radius 1 is 1.19 bits per heavy atom. The molecule has 1 aliphatic heterocycles. The third kappa shape index (κ3) is 7.43. The molecule has 152 valence electrons. The first kappa shape index (κ1) is 23.3. The number of methoxy groups -OCH3 is 2. The van der Waals surface area contributed by atoms with Gasteiger partial charge in [0, 0.05) is 57.9 Å². The van der Waals surface area contributed by atoms with Crippen molar-refractivity contribution in [2.45, 2.75) is 19.3 Å². The summed E-state index contributed by atoms with van der Waals surface area (Å²) in [5.74, 6) is 1.66. The lowest BCUT2D eigenvalue weighted by molar-refractivity contribution is -0.140. The summed E-state index contributed by atoms with van der Waals surface area (Å²) in [6.07, 6.45) is 2.20. The smallest absolute Gasteiger partial charge is 0.305 e. The second-order valence-corrected chi connectivity index (χ2v) is 6.18. The molecule has 0 saturated carbocycles. The lowest BCUT2D eigenvalue weighted by Crippen LogP contribution is -2.52. The minimum Gasteiger partial charge on any atom is -0.497 e. The van der Waals surface area contributed by atoms with Crippen molar-refractivity contribution in [1.29, 1.82) is 0 Å². The maximum Gasteiger partial charge on any atom is 0.305 e. The molecule has 2 rings (SSSR count). The quantitative estimate of drug-likeness (QED) is 0.208. The van der Waals surface area contributed by atoms with Crippen molar-refractivity contribution in [3.05, 3.63) is 24.3 Å². The van der Waals surface area contributed by atoms with Gasteiger partial charge in [-0.05, 0) is 25.0 Å². The fourth-order valence-corrected chi connectivity index (χ4v) is 3.01. The molecule has 0 atom stereocenters. The molecular weight excluding hydrogens is 459 g/mol. The molecule has 0 unspecified atom stereocenters. The average Bonchev–Trinajstić information content (AvgIpc) is 2.70. The standard InChI is InChI=1S/C19H30N4O3.HI/c1-20-19(21-10-5-4-9-18(24)26-3)23-13-11-22(12-14-23)16-7-6-8-17(15-16)25-2;/h6-8,15H,4-5,9-14H2,1-3H3,(H,20,21);1H. The predicted octanol–water partition coefficient (Wildman–Crippen LogP) is 2.35. The van der Waals surface area contributed by atoms with E-state index in [1.165, 1.54) is 12.8 Å². The largest absolute Gasteiger partial charge is 0.497 e. The van der Waals surface area contributed by atoms with Gasteiger partial charge in [-0.1, -0.05) is 6.07 Å². The Balaban J connectivity index is 0.00000364. The Morgan fingerprint density at radius 2 is 1.93 bits per heavy atom. The molecule has 0 aromatic heterocycles. The first-order chi connectivity index (χ1) is 12.7. The second-order valence-electron chi connectivity index (χ2n) is 6.18. The number of hydrogen-bond donors (Lipinski definition) is 1. The molecule has 0 amide bonds. The van der Waals surface area contributed by atoms with Gasteiger partial charge in [0.2, 0.25) is 0 Å². The number of nitrogens with zero attached hydrogens (tertiary/aromatic N) is 3. The van der Waals surface area contributed by atoms with E-state index in [2.05, 4.69) is 37.0 Å². The summed E-state index contributed by atoms with van der Waals surface area (Å²) in [4.78, 5) is 20.1. The van der Waals surface area contributed by atoms with Crippen molar-refractivity contribution in [1.82, 2.24) is 10.2 Å². The number of benzene rings is 1. The molecule has 1 N–H and O–H groups in total. The van der Waals surface area contributed by atoms with Crippen LogP contribution in [0.2, 0.25) is 0 Å². The Labute approximate surface area is 179 Å². The number of ether oxygens (including phenoxy) is 2. The van der Waals surface area contributed by atoms with Gasteiger partial charge in [-0.15, -0.1) is 24.0 Å². The Bertz CT molecular complexity index is 604. The van der Waals surface area contributed by atoms with Crippen LogP contribution in [0.1, 0.15) is 19.3 Å². The number of rotatable bonds is 7. The van der Waals surface area contributed by atoms with E-state index in [-0.39, 0.29) is 29.9 Å². The first-order valence-corrected chi connectivity index (χ1v) is 9.09. The van der Waals surface area contributed by atoms with E-state index in [1.54, 1.807) is 7.11 Å². The van der Waals surface area contributed by atoms with Gasteiger partial charge in [-0.3, -0.25) is 9.79 Å². The number of carbonyl (C=O) groups is 1. The minimum absolute atomic E-state index is 0. The van der Waals surface area contributed by atoms with Crippen molar-refractivity contribution in [2.75, 3.05) is 58.9 Å². The van der Waals surface area contributed by atoms with E-state index in [1.807, 2.05) is 19.2 Å². The van der Waals surface area contributed by atoms with E-state index in [4.69, 9.17) is 4.74 Å². The van der Waals surface area contributed by atoms with Gasteiger partial charge in [-0.2, -0.15) is 0 Å². The molecular formula is C19H31IN4O3. The highest BCUT2D eigenvalue weighted by Gasteiger charge is 2.19. The normalized spacial score (nSPS) is 14.4. The Kier molecular flexibility index (Phi) is 10.9. The summed E-state index contributed by atoms with van der Waals surface area (Å²) in [6, 6.07) is 8.18. The van der Waals surface area contributed by atoms with E-state index in [0.717, 1.165) is 57.3 Å². The van der Waals surface area contributed by atoms with E-state index in [9.17, 15) is 4.79 Å². The van der Waals surface area contributed by atoms with Gasteiger partial charge >= 0.3 is 5.97 Å². The summed E-state index contributed by atoms with van der Waals surface area (Å²) >= 11 is 0. The van der Waals surface area contributed by atoms with Gasteiger partial charge in [0.05, 0.1) is 14.2 Å². The number of halogens is 1. The van der Waals surface area contributed by atoms with Crippen molar-refractivity contribution < 1.29 is 14.3 Å². The SMILES string of the molecule is CN=C(NCCCCC(=O)OC)N1CCN(c2cccc(OC)c2)CC1.I. The van der Waals surface area contributed by atoms with E-state index >= 15 is 0 Å². The monoisotopic (exact) mass is 490 g/mol. The van der Waals surface area contributed by atoms with Crippen LogP contribution in [0, 0.1) is 0 Å². The summed E-state index contributed by atoms with van der Waals surface area (Å²) in [7, 11) is 4.93. The van der Waals surface area contributed by atoms with Crippen molar-refractivity contribution in [3.63, 3.8) is 0 Å². The molecule has 1 fully saturated rings. The van der Waals surface area contributed by atoms with Crippen LogP contribution in [0.25, 0.3) is 0 Å². The minimum atomic E-state index is -0.150. The topological polar surface area (TPSA) is 66.4 Å². The molecule has 1 aromatic carbocycles. The highest BCUT2D eigenvalue weighted by atomic mass is 127. The molecule has 0 radical (unpaired) electrons. The van der Waals surface area contributed by atoms with Gasteiger partial charge in [0.25, 0.3) is 0 Å². The van der Waals surface area contributed by atoms with E-state index < -0.39 is 0 Å². The summed E-state index contributed by atoms with van der Waals surface area (Å²) in [6.45, 7) is 4.52. The summed E-state index contributed by atoms with van der Waals surface area (Å²) < 4.78 is 9.96. The fourth-order valence-electron chi connectivity index (χ4n) is 3.01. The summed E-state index contributed by atoms with van der Waals surface area (Å²) in [5.41, 5.74) is 1.19. The Morgan fingerprint density at radius 3 is 2.56 bits per heavy atom. The molecule has 0 bridgehead atoms. The van der Waals surface area contributed by atoms with Crippen molar-refractivity contribution >= 4 is 41.6 Å². The van der Waals surface area contributed by atoms with Crippen LogP contribution >= 0.6 is 24.0 Å². The molecule has 1 aromatic rings. The van der Waals surface area contributed by atoms with Crippen molar-refractivity contribution in [3.8, 4) is 5.75 Å². The second kappa shape index (κ2) is 12.6. The Hall–Kier alpha value is -1.71. The van der Waals surface area contributed by atoms with Crippen LogP contribution in [0.5, 0.6) is 5.75 Å². The lowest BCUT2D eigenvalue weighted by atomic mass is 10.2. The third-order valence-corrected chi connectivity index (χ3v) is 4.53. The highest BCUT2D eigenvalue weighted by Crippen LogP contribution is 2.22. The number of anilines is 1. The van der Waals surface area contributed by atoms with Gasteiger partial charge < -0.3 is 24.6 Å². The maximum absolute atomic E-state index is 11.1. The van der Waals surface area contributed by atoms with Gasteiger partial charge in [-0.25, -0.2) is 0 Å². The van der Waals surface area contributed by atoms with Crippen LogP contribution in [0.3, 0.4) is 0 Å². The molecule has 1 aliphatic rings. The van der Waals surface area contributed by atoms with Crippen LogP contribution in [-0.4, -0.2) is 70.8 Å². The lowest BCUT2D eigenvalue weighted by Gasteiger charge is -2.37. The molecule has 8 heteroatoms. The third-order valence-electron chi connectivity index (χ3n) is 4.53. The number of guanidine groups is 1.